The van der Waals surface area contributed by atoms with Crippen molar-refractivity contribution in [1.82, 2.24) is 10.3 Å². The lowest BCUT2D eigenvalue weighted by Gasteiger charge is -2.30. The fraction of sp³-hybridized carbons (Fsp3) is 0.688. The molecular weight excluding hydrogens is 236 g/mol. The molecule has 0 bridgehead atoms. The molecule has 106 valence electrons. The molecule has 2 unspecified atom stereocenters. The van der Waals surface area contributed by atoms with Crippen molar-refractivity contribution in [3.05, 3.63) is 29.6 Å². The lowest BCUT2D eigenvalue weighted by Crippen LogP contribution is -2.27. The fourth-order valence-electron chi connectivity index (χ4n) is 2.94. The zero-order valence-electron chi connectivity index (χ0n) is 12.2. The van der Waals surface area contributed by atoms with Crippen molar-refractivity contribution in [3.63, 3.8) is 0 Å². The third kappa shape index (κ3) is 4.29. The van der Waals surface area contributed by atoms with Crippen molar-refractivity contribution in [2.75, 3.05) is 7.05 Å². The maximum Gasteiger partial charge on any atom is 0.0891 e. The summed E-state index contributed by atoms with van der Waals surface area (Å²) in [5, 5.41) is 3.13. The van der Waals surface area contributed by atoms with E-state index in [-0.39, 0.29) is 0 Å². The Morgan fingerprint density at radius 1 is 1.26 bits per heavy atom. The van der Waals surface area contributed by atoms with Crippen LogP contribution in [-0.4, -0.2) is 18.1 Å². The quantitative estimate of drug-likeness (QED) is 0.854. The summed E-state index contributed by atoms with van der Waals surface area (Å²) in [5.41, 5.74) is 2.13. The van der Waals surface area contributed by atoms with E-state index < -0.39 is 0 Å². The maximum absolute atomic E-state index is 6.12. The van der Waals surface area contributed by atoms with Crippen LogP contribution in [0.25, 0.3) is 0 Å². The van der Waals surface area contributed by atoms with Crippen molar-refractivity contribution in [3.8, 4) is 0 Å². The lowest BCUT2D eigenvalue weighted by atomic mass is 9.85. The Morgan fingerprint density at radius 2 is 2.05 bits per heavy atom. The summed E-state index contributed by atoms with van der Waals surface area (Å²) in [7, 11) is 1.94. The van der Waals surface area contributed by atoms with Crippen LogP contribution in [0, 0.1) is 5.92 Å². The Labute approximate surface area is 116 Å². The summed E-state index contributed by atoms with van der Waals surface area (Å²) in [5.74, 6) is 0.745. The minimum Gasteiger partial charge on any atom is -0.372 e. The molecule has 2 atom stereocenters. The van der Waals surface area contributed by atoms with Gasteiger partial charge in [-0.3, -0.25) is 4.98 Å². The average Bonchev–Trinajstić information content (AvgIpc) is 2.46. The highest BCUT2D eigenvalue weighted by Gasteiger charge is 2.24. The molecule has 0 aliphatic heterocycles. The number of ether oxygens (including phenoxy) is 1. The highest BCUT2D eigenvalue weighted by molar-refractivity contribution is 5.10. The first-order valence-corrected chi connectivity index (χ1v) is 7.54. The van der Waals surface area contributed by atoms with E-state index in [9.17, 15) is 0 Å². The second-order valence-electron chi connectivity index (χ2n) is 5.45. The second kappa shape index (κ2) is 7.61. The van der Waals surface area contributed by atoms with Gasteiger partial charge >= 0.3 is 0 Å². The van der Waals surface area contributed by atoms with E-state index in [1.54, 1.807) is 0 Å². The summed E-state index contributed by atoms with van der Waals surface area (Å²) >= 11 is 0. The summed E-state index contributed by atoms with van der Waals surface area (Å²) in [4.78, 5) is 4.61. The first-order valence-electron chi connectivity index (χ1n) is 7.54. The van der Waals surface area contributed by atoms with Crippen LogP contribution in [0.15, 0.2) is 18.2 Å². The molecular formula is C16H26N2O. The Kier molecular flexibility index (Phi) is 5.80. The monoisotopic (exact) mass is 262 g/mol. The predicted molar refractivity (Wildman–Crippen MR) is 77.8 cm³/mol. The Hall–Kier alpha value is -0.930. The molecule has 1 aromatic rings. The van der Waals surface area contributed by atoms with Gasteiger partial charge in [0.05, 0.1) is 24.1 Å². The molecule has 0 aromatic carbocycles. The number of rotatable bonds is 6. The van der Waals surface area contributed by atoms with Crippen LogP contribution in [0.2, 0.25) is 0 Å². The number of hydrogen-bond donors (Lipinski definition) is 1. The Balaban J connectivity index is 1.88. The first-order chi connectivity index (χ1) is 9.33. The van der Waals surface area contributed by atoms with Gasteiger partial charge in [0.25, 0.3) is 0 Å². The maximum atomic E-state index is 6.12. The molecule has 1 heterocycles. The van der Waals surface area contributed by atoms with Gasteiger partial charge in [-0.05, 0) is 37.9 Å². The van der Waals surface area contributed by atoms with Crippen LogP contribution >= 0.6 is 0 Å². The number of pyridine rings is 1. The third-order valence-corrected chi connectivity index (χ3v) is 4.03. The summed E-state index contributed by atoms with van der Waals surface area (Å²) in [6.07, 6.45) is 6.90. The molecule has 1 N–H and O–H groups in total. The minimum atomic E-state index is 0.438. The van der Waals surface area contributed by atoms with E-state index in [1.807, 2.05) is 7.05 Å². The lowest BCUT2D eigenvalue weighted by molar-refractivity contribution is -0.0235. The summed E-state index contributed by atoms with van der Waals surface area (Å²) in [6.45, 7) is 3.74. The molecule has 1 aliphatic carbocycles. The van der Waals surface area contributed by atoms with E-state index in [2.05, 4.69) is 35.4 Å². The van der Waals surface area contributed by atoms with Crippen molar-refractivity contribution < 1.29 is 4.74 Å². The van der Waals surface area contributed by atoms with Gasteiger partial charge in [0.2, 0.25) is 0 Å². The van der Waals surface area contributed by atoms with Crippen LogP contribution in [0.1, 0.15) is 50.4 Å². The van der Waals surface area contributed by atoms with Gasteiger partial charge in [0.1, 0.15) is 0 Å². The molecule has 3 heteroatoms. The highest BCUT2D eigenvalue weighted by Crippen LogP contribution is 2.29. The van der Waals surface area contributed by atoms with Crippen LogP contribution in [0.5, 0.6) is 0 Å². The molecule has 0 spiro atoms. The topological polar surface area (TPSA) is 34.1 Å². The van der Waals surface area contributed by atoms with Crippen molar-refractivity contribution in [2.24, 2.45) is 5.92 Å². The van der Waals surface area contributed by atoms with Crippen LogP contribution < -0.4 is 5.32 Å². The summed E-state index contributed by atoms with van der Waals surface area (Å²) < 4.78 is 6.12. The number of nitrogens with zero attached hydrogens (tertiary/aromatic N) is 1. The number of hydrogen-bond acceptors (Lipinski definition) is 3. The molecule has 1 aromatic heterocycles. The average molecular weight is 262 g/mol. The van der Waals surface area contributed by atoms with E-state index in [4.69, 9.17) is 4.74 Å². The molecule has 0 radical (unpaired) electrons. The minimum absolute atomic E-state index is 0.438. The van der Waals surface area contributed by atoms with Crippen LogP contribution in [-0.2, 0) is 17.9 Å². The van der Waals surface area contributed by atoms with Gasteiger partial charge in [-0.2, -0.15) is 0 Å². The Bertz CT molecular complexity index is 381. The molecule has 19 heavy (non-hydrogen) atoms. The molecule has 1 fully saturated rings. The van der Waals surface area contributed by atoms with Gasteiger partial charge in [-0.15, -0.1) is 0 Å². The van der Waals surface area contributed by atoms with Crippen molar-refractivity contribution >= 4 is 0 Å². The zero-order valence-corrected chi connectivity index (χ0v) is 12.2. The smallest absolute Gasteiger partial charge is 0.0891 e. The molecule has 0 amide bonds. The van der Waals surface area contributed by atoms with E-state index >= 15 is 0 Å². The zero-order chi connectivity index (χ0) is 13.5. The normalized spacial score (nSPS) is 23.5. The van der Waals surface area contributed by atoms with E-state index in [0.717, 1.165) is 23.9 Å². The number of aromatic nitrogens is 1. The molecule has 3 nitrogen and oxygen atoms in total. The predicted octanol–water partition coefficient (Wildman–Crippen LogP) is 3.29. The fourth-order valence-corrected chi connectivity index (χ4v) is 2.94. The van der Waals surface area contributed by atoms with Gasteiger partial charge in [-0.1, -0.05) is 32.3 Å². The van der Waals surface area contributed by atoms with Gasteiger partial charge in [0.15, 0.2) is 0 Å². The van der Waals surface area contributed by atoms with Gasteiger partial charge < -0.3 is 10.1 Å². The highest BCUT2D eigenvalue weighted by atomic mass is 16.5. The Morgan fingerprint density at radius 3 is 2.84 bits per heavy atom. The molecule has 1 saturated carbocycles. The molecule has 2 rings (SSSR count). The van der Waals surface area contributed by atoms with E-state index in [0.29, 0.717) is 12.7 Å². The van der Waals surface area contributed by atoms with E-state index in [1.165, 1.54) is 32.1 Å². The SMILES string of the molecule is CCC1CCCCC1OCc1cccc(CNC)n1. The first kappa shape index (κ1) is 14.5. The molecule has 1 aliphatic rings. The van der Waals surface area contributed by atoms with Crippen molar-refractivity contribution in [1.29, 1.82) is 0 Å². The standard InChI is InChI=1S/C16H26N2O/c1-3-13-7-4-5-10-16(13)19-12-15-9-6-8-14(18-15)11-17-2/h6,8-9,13,16-17H,3-5,7,10-12H2,1-2H3. The second-order valence-corrected chi connectivity index (χ2v) is 5.45. The van der Waals surface area contributed by atoms with Crippen LogP contribution in [0.3, 0.4) is 0 Å². The van der Waals surface area contributed by atoms with Crippen LogP contribution in [0.4, 0.5) is 0 Å². The summed E-state index contributed by atoms with van der Waals surface area (Å²) in [6, 6.07) is 6.18. The molecule has 0 saturated heterocycles. The largest absolute Gasteiger partial charge is 0.372 e. The van der Waals surface area contributed by atoms with Gasteiger partial charge in [0, 0.05) is 6.54 Å². The van der Waals surface area contributed by atoms with Gasteiger partial charge in [-0.25, -0.2) is 0 Å². The number of nitrogens with one attached hydrogen (secondary N) is 1. The third-order valence-electron chi connectivity index (χ3n) is 4.03. The van der Waals surface area contributed by atoms with Crippen molar-refractivity contribution in [2.45, 2.75) is 58.3 Å².